The van der Waals surface area contributed by atoms with E-state index in [1.54, 1.807) is 0 Å². The van der Waals surface area contributed by atoms with Crippen LogP contribution in [0.2, 0.25) is 0 Å². The van der Waals surface area contributed by atoms with E-state index < -0.39 is 0 Å². The fraction of sp³-hybridized carbons (Fsp3) is 0.550. The van der Waals surface area contributed by atoms with E-state index in [4.69, 9.17) is 4.74 Å². The second-order valence-corrected chi connectivity index (χ2v) is 7.67. The van der Waals surface area contributed by atoms with Gasteiger partial charge in [-0.15, -0.1) is 0 Å². The number of H-pyrrole nitrogens is 1. The molecule has 1 aromatic carbocycles. The molecule has 1 N–H and O–H groups in total. The smallest absolute Gasteiger partial charge is 0.310 e. The maximum Gasteiger partial charge on any atom is 0.310 e. The number of carbonyl (C=O) groups is 2. The second kappa shape index (κ2) is 6.96. The first-order chi connectivity index (χ1) is 13.0. The summed E-state index contributed by atoms with van der Waals surface area (Å²) in [6.07, 6.45) is 1.44. The van der Waals surface area contributed by atoms with Gasteiger partial charge in [0.25, 0.3) is 0 Å². The van der Waals surface area contributed by atoms with Gasteiger partial charge in [0.1, 0.15) is 5.82 Å². The van der Waals surface area contributed by atoms with Crippen LogP contribution >= 0.6 is 0 Å². The maximum absolute atomic E-state index is 12.8. The highest BCUT2D eigenvalue weighted by molar-refractivity contribution is 5.83. The molecule has 0 unspecified atom stereocenters. The number of piperazine rings is 1. The molecule has 1 amide bonds. The third-order valence-electron chi connectivity index (χ3n) is 5.84. The lowest BCUT2D eigenvalue weighted by molar-refractivity contribution is -0.147. The summed E-state index contributed by atoms with van der Waals surface area (Å²) in [5.74, 6) is 0.536. The second-order valence-electron chi connectivity index (χ2n) is 7.67. The molecular formula is C20H26N4O3. The van der Waals surface area contributed by atoms with Crippen LogP contribution in [0.1, 0.15) is 31.2 Å². The lowest BCUT2D eigenvalue weighted by atomic mass is 9.97. The van der Waals surface area contributed by atoms with Gasteiger partial charge in [0.15, 0.2) is 0 Å². The zero-order valence-corrected chi connectivity index (χ0v) is 16.1. The van der Waals surface area contributed by atoms with Gasteiger partial charge in [0, 0.05) is 18.6 Å². The van der Waals surface area contributed by atoms with Crippen molar-refractivity contribution in [2.24, 2.45) is 5.92 Å². The molecule has 0 radical (unpaired) electrons. The van der Waals surface area contributed by atoms with Crippen LogP contribution in [-0.2, 0) is 20.9 Å². The Bertz CT molecular complexity index is 877. The first-order valence-electron chi connectivity index (χ1n) is 9.56. The van der Waals surface area contributed by atoms with E-state index in [0.717, 1.165) is 29.8 Å². The number of imidazole rings is 1. The predicted octanol–water partition coefficient (Wildman–Crippen LogP) is 1.86. The Balaban J connectivity index is 1.50. The van der Waals surface area contributed by atoms with Crippen molar-refractivity contribution in [3.8, 4) is 0 Å². The van der Waals surface area contributed by atoms with Crippen molar-refractivity contribution in [2.45, 2.75) is 45.3 Å². The summed E-state index contributed by atoms with van der Waals surface area (Å²) in [5.41, 5.74) is 3.15. The van der Waals surface area contributed by atoms with Crippen LogP contribution in [0.3, 0.4) is 0 Å². The Morgan fingerprint density at radius 1 is 1.41 bits per heavy atom. The molecule has 1 aromatic heterocycles. The number of fused-ring (bicyclic) bond motifs is 2. The largest absolute Gasteiger partial charge is 0.469 e. The number of nitrogens with one attached hydrogen (secondary N) is 1. The number of hydrogen-bond donors (Lipinski definition) is 1. The topological polar surface area (TPSA) is 78.5 Å². The lowest BCUT2D eigenvalue weighted by Gasteiger charge is -2.39. The average molecular weight is 370 g/mol. The number of aromatic nitrogens is 2. The fourth-order valence-electron chi connectivity index (χ4n) is 4.68. The highest BCUT2D eigenvalue weighted by atomic mass is 16.5. The SMILES string of the molecule is CC[C@H]1[C@@H](C(=O)OC)C[C@H]2CN(Cc3nc4ccc(C)cc4[nH]3)CC(=O)N21. The number of nitrogens with zero attached hydrogens (tertiary/aromatic N) is 3. The molecule has 2 aliphatic heterocycles. The van der Waals surface area contributed by atoms with Gasteiger partial charge in [-0.1, -0.05) is 13.0 Å². The number of ether oxygens (including phenoxy) is 1. The van der Waals surface area contributed by atoms with E-state index in [1.807, 2.05) is 24.0 Å². The monoisotopic (exact) mass is 370 g/mol. The summed E-state index contributed by atoms with van der Waals surface area (Å²) in [6, 6.07) is 6.15. The third-order valence-corrected chi connectivity index (χ3v) is 5.84. The molecule has 7 heteroatoms. The zero-order valence-electron chi connectivity index (χ0n) is 16.1. The van der Waals surface area contributed by atoms with Gasteiger partial charge in [-0.3, -0.25) is 14.5 Å². The number of hydrogen-bond acceptors (Lipinski definition) is 5. The Kier molecular flexibility index (Phi) is 4.63. The van der Waals surface area contributed by atoms with Gasteiger partial charge in [-0.2, -0.15) is 0 Å². The van der Waals surface area contributed by atoms with E-state index in [2.05, 4.69) is 27.9 Å². The van der Waals surface area contributed by atoms with Gasteiger partial charge in [-0.05, 0) is 37.5 Å². The number of methoxy groups -OCH3 is 1. The van der Waals surface area contributed by atoms with Gasteiger partial charge in [-0.25, -0.2) is 4.98 Å². The van der Waals surface area contributed by atoms with Crippen molar-refractivity contribution in [1.29, 1.82) is 0 Å². The number of esters is 1. The van der Waals surface area contributed by atoms with Crippen molar-refractivity contribution in [1.82, 2.24) is 19.8 Å². The first-order valence-corrected chi connectivity index (χ1v) is 9.56. The molecule has 0 saturated carbocycles. The molecule has 2 aromatic rings. The highest BCUT2D eigenvalue weighted by Gasteiger charge is 2.49. The number of rotatable bonds is 4. The summed E-state index contributed by atoms with van der Waals surface area (Å²) >= 11 is 0. The Labute approximate surface area is 158 Å². The van der Waals surface area contributed by atoms with Gasteiger partial charge < -0.3 is 14.6 Å². The van der Waals surface area contributed by atoms with Gasteiger partial charge in [0.05, 0.1) is 37.2 Å². The molecule has 4 rings (SSSR count). The molecule has 2 fully saturated rings. The van der Waals surface area contributed by atoms with Crippen molar-refractivity contribution in [3.63, 3.8) is 0 Å². The van der Waals surface area contributed by atoms with Crippen molar-refractivity contribution in [3.05, 3.63) is 29.6 Å². The molecule has 7 nitrogen and oxygen atoms in total. The van der Waals surface area contributed by atoms with Crippen molar-refractivity contribution in [2.75, 3.05) is 20.2 Å². The number of benzene rings is 1. The molecule has 0 spiro atoms. The molecule has 2 aliphatic rings. The van der Waals surface area contributed by atoms with Crippen LogP contribution < -0.4 is 0 Å². The van der Waals surface area contributed by atoms with Crippen LogP contribution in [0.25, 0.3) is 11.0 Å². The van der Waals surface area contributed by atoms with Crippen LogP contribution in [0.5, 0.6) is 0 Å². The normalized spacial score (nSPS) is 25.8. The highest BCUT2D eigenvalue weighted by Crippen LogP contribution is 2.35. The Morgan fingerprint density at radius 2 is 2.22 bits per heavy atom. The maximum atomic E-state index is 12.8. The van der Waals surface area contributed by atoms with E-state index in [9.17, 15) is 9.59 Å². The van der Waals surface area contributed by atoms with Crippen LogP contribution in [0.15, 0.2) is 18.2 Å². The molecule has 3 atom stereocenters. The van der Waals surface area contributed by atoms with Crippen LogP contribution in [-0.4, -0.2) is 63.9 Å². The minimum atomic E-state index is -0.219. The van der Waals surface area contributed by atoms with E-state index in [0.29, 0.717) is 19.5 Å². The van der Waals surface area contributed by atoms with E-state index >= 15 is 0 Å². The number of aryl methyl sites for hydroxylation is 1. The molecule has 0 bridgehead atoms. The van der Waals surface area contributed by atoms with E-state index in [-0.39, 0.29) is 29.9 Å². The molecule has 0 aliphatic carbocycles. The number of carbonyl (C=O) groups excluding carboxylic acids is 2. The van der Waals surface area contributed by atoms with Crippen LogP contribution in [0.4, 0.5) is 0 Å². The summed E-state index contributed by atoms with van der Waals surface area (Å²) in [5, 5.41) is 0. The minimum absolute atomic E-state index is 0.0497. The quantitative estimate of drug-likeness (QED) is 0.831. The fourth-order valence-corrected chi connectivity index (χ4v) is 4.68. The molecule has 144 valence electrons. The number of amides is 1. The molecule has 27 heavy (non-hydrogen) atoms. The molecule has 2 saturated heterocycles. The van der Waals surface area contributed by atoms with Crippen LogP contribution in [0, 0.1) is 12.8 Å². The van der Waals surface area contributed by atoms with E-state index in [1.165, 1.54) is 12.7 Å². The first kappa shape index (κ1) is 18.0. The van der Waals surface area contributed by atoms with Gasteiger partial charge >= 0.3 is 5.97 Å². The zero-order chi connectivity index (χ0) is 19.1. The Morgan fingerprint density at radius 3 is 2.96 bits per heavy atom. The third kappa shape index (κ3) is 3.20. The minimum Gasteiger partial charge on any atom is -0.469 e. The number of aromatic amines is 1. The summed E-state index contributed by atoms with van der Waals surface area (Å²) < 4.78 is 4.97. The molecule has 3 heterocycles. The molecular weight excluding hydrogens is 344 g/mol. The standard InChI is InChI=1S/C20H26N4O3/c1-4-17-14(20(26)27-3)8-13-9-23(11-19(25)24(13)17)10-18-21-15-6-5-12(2)7-16(15)22-18/h5-7,13-14,17H,4,8-11H2,1-3H3,(H,21,22)/t13-,14-,17-/m0/s1. The Hall–Kier alpha value is -2.41. The van der Waals surface area contributed by atoms with Gasteiger partial charge in [0.2, 0.25) is 5.91 Å². The average Bonchev–Trinajstić information content (AvgIpc) is 3.21. The predicted molar refractivity (Wildman–Crippen MR) is 101 cm³/mol. The van der Waals surface area contributed by atoms with Crippen molar-refractivity contribution >= 4 is 22.9 Å². The lowest BCUT2D eigenvalue weighted by Crippen LogP contribution is -2.56. The summed E-state index contributed by atoms with van der Waals surface area (Å²) in [4.78, 5) is 37.0. The van der Waals surface area contributed by atoms with Crippen molar-refractivity contribution < 1.29 is 14.3 Å². The summed E-state index contributed by atoms with van der Waals surface area (Å²) in [7, 11) is 1.42. The summed E-state index contributed by atoms with van der Waals surface area (Å²) in [6.45, 7) is 5.80.